The third-order valence-electron chi connectivity index (χ3n) is 7.61. The molecule has 1 aliphatic carbocycles. The SMILES string of the molecule is COc1ccc2c(C(=O)NC3CC3)cc(=O)n(CN3CCC(NCc4ccc5c(c4)OCCO5)CC3)c2c1. The van der Waals surface area contributed by atoms with Crippen LogP contribution in [0, 0.1) is 0 Å². The van der Waals surface area contributed by atoms with E-state index >= 15 is 0 Å². The van der Waals surface area contributed by atoms with E-state index in [1.807, 2.05) is 24.3 Å². The number of nitrogens with one attached hydrogen (secondary N) is 2. The second-order valence-corrected chi connectivity index (χ2v) is 10.3. The molecule has 1 saturated carbocycles. The number of rotatable bonds is 8. The molecule has 2 aliphatic heterocycles. The molecule has 0 radical (unpaired) electrons. The molecule has 1 aromatic heterocycles. The Labute approximate surface area is 221 Å². The van der Waals surface area contributed by atoms with Crippen LogP contribution in [0.4, 0.5) is 0 Å². The van der Waals surface area contributed by atoms with Crippen molar-refractivity contribution in [3.05, 3.63) is 63.9 Å². The molecule has 0 unspecified atom stereocenters. The van der Waals surface area contributed by atoms with Gasteiger partial charge in [-0.1, -0.05) is 6.07 Å². The lowest BCUT2D eigenvalue weighted by Crippen LogP contribution is -2.44. The van der Waals surface area contributed by atoms with Gasteiger partial charge in [0, 0.05) is 49.2 Å². The summed E-state index contributed by atoms with van der Waals surface area (Å²) in [5.41, 5.74) is 2.15. The Kier molecular flexibility index (Phi) is 6.95. The minimum atomic E-state index is -0.183. The molecule has 2 aromatic carbocycles. The van der Waals surface area contributed by atoms with Crippen LogP contribution in [0.25, 0.3) is 10.9 Å². The van der Waals surface area contributed by atoms with Crippen LogP contribution in [0.2, 0.25) is 0 Å². The Morgan fingerprint density at radius 2 is 1.76 bits per heavy atom. The smallest absolute Gasteiger partial charge is 0.252 e. The normalized spacial score (nSPS) is 17.9. The number of likely N-dealkylation sites (tertiary alicyclic amines) is 1. The summed E-state index contributed by atoms with van der Waals surface area (Å²) in [7, 11) is 1.61. The molecular formula is C29H34N4O5. The van der Waals surface area contributed by atoms with Crippen LogP contribution in [0.3, 0.4) is 0 Å². The van der Waals surface area contributed by atoms with Gasteiger partial charge >= 0.3 is 0 Å². The van der Waals surface area contributed by atoms with Gasteiger partial charge in [0.2, 0.25) is 0 Å². The van der Waals surface area contributed by atoms with Crippen molar-refractivity contribution in [1.82, 2.24) is 20.1 Å². The van der Waals surface area contributed by atoms with Crippen LogP contribution in [0.1, 0.15) is 41.6 Å². The van der Waals surface area contributed by atoms with Crippen molar-refractivity contribution in [1.29, 1.82) is 0 Å². The molecule has 0 spiro atoms. The number of fused-ring (bicyclic) bond motifs is 2. The van der Waals surface area contributed by atoms with Crippen LogP contribution in [0.15, 0.2) is 47.3 Å². The lowest BCUT2D eigenvalue weighted by Gasteiger charge is -2.33. The number of piperidine rings is 1. The summed E-state index contributed by atoms with van der Waals surface area (Å²) >= 11 is 0. The standard InChI is InChI=1S/C29H34N4O5/c1-36-22-5-6-23-24(29(35)31-21-3-4-21)16-28(34)33(25(23)15-22)18-32-10-8-20(9-11-32)30-17-19-2-7-26-27(14-19)38-13-12-37-26/h2,5-7,14-16,20-21,30H,3-4,8-13,17-18H2,1H3,(H,31,35). The number of amides is 1. The van der Waals surface area contributed by atoms with Gasteiger partial charge in [-0.25, -0.2) is 0 Å². The fourth-order valence-electron chi connectivity index (χ4n) is 5.25. The average molecular weight is 519 g/mol. The summed E-state index contributed by atoms with van der Waals surface area (Å²) in [6.45, 7) is 4.18. The van der Waals surface area contributed by atoms with Crippen molar-refractivity contribution in [2.75, 3.05) is 33.4 Å². The van der Waals surface area contributed by atoms with Gasteiger partial charge in [-0.3, -0.25) is 19.1 Å². The van der Waals surface area contributed by atoms with Gasteiger partial charge in [0.1, 0.15) is 19.0 Å². The van der Waals surface area contributed by atoms with Crippen LogP contribution in [-0.4, -0.2) is 60.9 Å². The van der Waals surface area contributed by atoms with E-state index in [-0.39, 0.29) is 17.5 Å². The van der Waals surface area contributed by atoms with E-state index in [0.29, 0.717) is 37.2 Å². The molecule has 3 aliphatic rings. The molecule has 0 atom stereocenters. The molecule has 2 fully saturated rings. The number of hydrogen-bond donors (Lipinski definition) is 2. The first-order chi connectivity index (χ1) is 18.6. The average Bonchev–Trinajstić information content (AvgIpc) is 3.77. The van der Waals surface area contributed by atoms with Gasteiger partial charge in [0.15, 0.2) is 11.5 Å². The van der Waals surface area contributed by atoms with Crippen LogP contribution >= 0.6 is 0 Å². The van der Waals surface area contributed by atoms with Crippen LogP contribution in [-0.2, 0) is 13.2 Å². The van der Waals surface area contributed by atoms with Crippen LogP contribution in [0.5, 0.6) is 17.2 Å². The van der Waals surface area contributed by atoms with Crippen molar-refractivity contribution >= 4 is 16.8 Å². The molecule has 9 heteroatoms. The highest BCUT2D eigenvalue weighted by atomic mass is 16.6. The van der Waals surface area contributed by atoms with E-state index in [1.54, 1.807) is 11.7 Å². The van der Waals surface area contributed by atoms with Crippen molar-refractivity contribution in [2.24, 2.45) is 0 Å². The van der Waals surface area contributed by atoms with Crippen molar-refractivity contribution < 1.29 is 19.0 Å². The van der Waals surface area contributed by atoms with Gasteiger partial charge in [-0.2, -0.15) is 0 Å². The molecule has 1 amide bonds. The summed E-state index contributed by atoms with van der Waals surface area (Å²) in [5.74, 6) is 2.10. The van der Waals surface area contributed by atoms with Gasteiger partial charge in [0.05, 0.1) is 24.9 Å². The van der Waals surface area contributed by atoms with Gasteiger partial charge in [0.25, 0.3) is 11.5 Å². The lowest BCUT2D eigenvalue weighted by molar-refractivity contribution is 0.0952. The summed E-state index contributed by atoms with van der Waals surface area (Å²) in [5, 5.41) is 7.45. The Morgan fingerprint density at radius 1 is 0.974 bits per heavy atom. The zero-order valence-electron chi connectivity index (χ0n) is 21.7. The Bertz CT molecular complexity index is 1390. The molecule has 38 heavy (non-hydrogen) atoms. The fraction of sp³-hybridized carbons (Fsp3) is 0.448. The quantitative estimate of drug-likeness (QED) is 0.474. The molecule has 200 valence electrons. The highest BCUT2D eigenvalue weighted by Crippen LogP contribution is 2.31. The van der Waals surface area contributed by atoms with E-state index in [4.69, 9.17) is 14.2 Å². The van der Waals surface area contributed by atoms with Crippen molar-refractivity contribution in [2.45, 2.75) is 51.0 Å². The number of nitrogens with zero attached hydrogens (tertiary/aromatic N) is 2. The molecule has 2 N–H and O–H groups in total. The number of ether oxygens (including phenoxy) is 3. The van der Waals surface area contributed by atoms with E-state index in [2.05, 4.69) is 27.7 Å². The number of benzene rings is 2. The number of methoxy groups -OCH3 is 1. The third-order valence-corrected chi connectivity index (χ3v) is 7.61. The zero-order chi connectivity index (χ0) is 26.1. The molecule has 9 nitrogen and oxygen atoms in total. The third kappa shape index (κ3) is 5.35. The first kappa shape index (κ1) is 24.8. The highest BCUT2D eigenvalue weighted by molar-refractivity contribution is 6.06. The number of pyridine rings is 1. The Balaban J connectivity index is 1.12. The molecule has 3 heterocycles. The first-order valence-electron chi connectivity index (χ1n) is 13.4. The second-order valence-electron chi connectivity index (χ2n) is 10.3. The van der Waals surface area contributed by atoms with E-state index in [9.17, 15) is 9.59 Å². The van der Waals surface area contributed by atoms with E-state index in [0.717, 1.165) is 67.7 Å². The highest BCUT2D eigenvalue weighted by Gasteiger charge is 2.26. The predicted molar refractivity (Wildman–Crippen MR) is 144 cm³/mol. The number of aromatic nitrogens is 1. The minimum Gasteiger partial charge on any atom is -0.497 e. The zero-order valence-corrected chi connectivity index (χ0v) is 21.7. The van der Waals surface area contributed by atoms with Gasteiger partial charge in [-0.15, -0.1) is 0 Å². The monoisotopic (exact) mass is 518 g/mol. The topological polar surface area (TPSA) is 94.1 Å². The Morgan fingerprint density at radius 3 is 2.53 bits per heavy atom. The molecule has 6 rings (SSSR count). The summed E-state index contributed by atoms with van der Waals surface area (Å²) < 4.78 is 18.5. The summed E-state index contributed by atoms with van der Waals surface area (Å²) in [4.78, 5) is 28.4. The van der Waals surface area contributed by atoms with Gasteiger partial charge in [-0.05, 0) is 55.5 Å². The maximum Gasteiger partial charge on any atom is 0.252 e. The number of hydrogen-bond acceptors (Lipinski definition) is 7. The first-order valence-corrected chi connectivity index (χ1v) is 13.4. The van der Waals surface area contributed by atoms with Crippen molar-refractivity contribution in [3.63, 3.8) is 0 Å². The number of carbonyl (C=O) groups is 1. The maximum absolute atomic E-state index is 13.2. The predicted octanol–water partition coefficient (Wildman–Crippen LogP) is 2.89. The maximum atomic E-state index is 13.2. The molecule has 1 saturated heterocycles. The largest absolute Gasteiger partial charge is 0.497 e. The Hall–Kier alpha value is -3.56. The molecule has 0 bridgehead atoms. The molecular weight excluding hydrogens is 484 g/mol. The lowest BCUT2D eigenvalue weighted by atomic mass is 10.0. The van der Waals surface area contributed by atoms with Crippen LogP contribution < -0.4 is 30.4 Å². The van der Waals surface area contributed by atoms with E-state index < -0.39 is 0 Å². The second kappa shape index (κ2) is 10.7. The van der Waals surface area contributed by atoms with Gasteiger partial charge < -0.3 is 24.8 Å². The summed E-state index contributed by atoms with van der Waals surface area (Å²) in [6, 6.07) is 13.8. The number of carbonyl (C=O) groups excluding carboxylic acids is 1. The minimum absolute atomic E-state index is 0.175. The fourth-order valence-corrected chi connectivity index (χ4v) is 5.25. The van der Waals surface area contributed by atoms with E-state index in [1.165, 1.54) is 11.6 Å². The van der Waals surface area contributed by atoms with Crippen molar-refractivity contribution in [3.8, 4) is 17.2 Å². The summed E-state index contributed by atoms with van der Waals surface area (Å²) in [6.07, 6.45) is 3.97. The molecule has 3 aromatic rings.